The van der Waals surface area contributed by atoms with Gasteiger partial charge in [0.05, 0.1) is 32.0 Å². The number of phosphoric acid groups is 1. The lowest BCUT2D eigenvalue weighted by Gasteiger charge is -2.52. The number of carbonyl (C=O) groups excluding carboxylic acids is 2. The molecule has 7 unspecified atom stereocenters. The third kappa shape index (κ3) is 26.4. The Labute approximate surface area is 436 Å². The summed E-state index contributed by atoms with van der Waals surface area (Å²) in [5, 5.41) is 12.4. The van der Waals surface area contributed by atoms with E-state index in [2.05, 4.69) is 27.0 Å². The first-order valence-electron chi connectivity index (χ1n) is 28.2. The Hall–Kier alpha value is -3.15. The van der Waals surface area contributed by atoms with Crippen LogP contribution in [0.3, 0.4) is 0 Å². The topological polar surface area (TPSA) is 147 Å². The molecule has 0 aromatic heterocycles. The first-order valence-corrected chi connectivity index (χ1v) is 29.7. The second-order valence-corrected chi connectivity index (χ2v) is 21.8. The number of hydrogen-bond donors (Lipinski definition) is 2. The third-order valence-corrected chi connectivity index (χ3v) is 15.1. The molecule has 0 radical (unpaired) electrons. The lowest BCUT2D eigenvalue weighted by molar-refractivity contribution is -0.242. The Morgan fingerprint density at radius 3 is 1.42 bits per heavy atom. The van der Waals surface area contributed by atoms with Crippen LogP contribution in [0, 0.1) is 11.8 Å². The molecule has 1 aliphatic rings. The SMILES string of the molecule is C=CC1C(C=C)C(OCc2ccccc2)C(C)(O)C(OP(=O)(O)OC[C@@H](COC(=O)CCCCCCCCCCCCCCC)OC(=O)CCCCCCCCCCCCCCC)C1OCc1ccccc1. The Kier molecular flexibility index (Phi) is 33.7. The summed E-state index contributed by atoms with van der Waals surface area (Å²) in [6, 6.07) is 18.9. The number of ether oxygens (including phenoxy) is 4. The van der Waals surface area contributed by atoms with Crippen molar-refractivity contribution in [3.8, 4) is 0 Å². The van der Waals surface area contributed by atoms with Gasteiger partial charge < -0.3 is 28.9 Å². The molecule has 8 atom stereocenters. The van der Waals surface area contributed by atoms with Crippen molar-refractivity contribution in [2.24, 2.45) is 11.8 Å². The molecule has 408 valence electrons. The van der Waals surface area contributed by atoms with Gasteiger partial charge in [-0.2, -0.15) is 0 Å². The number of phosphoric ester groups is 1. The van der Waals surface area contributed by atoms with Gasteiger partial charge in [-0.3, -0.25) is 18.6 Å². The lowest BCUT2D eigenvalue weighted by atomic mass is 9.66. The van der Waals surface area contributed by atoms with Gasteiger partial charge in [-0.05, 0) is 30.9 Å². The maximum atomic E-state index is 14.1. The second-order valence-electron chi connectivity index (χ2n) is 20.4. The maximum Gasteiger partial charge on any atom is 0.472 e. The molecule has 2 aromatic carbocycles. The van der Waals surface area contributed by atoms with Gasteiger partial charge in [-0.1, -0.05) is 241 Å². The van der Waals surface area contributed by atoms with Gasteiger partial charge >= 0.3 is 19.8 Å². The van der Waals surface area contributed by atoms with Crippen LogP contribution in [0.5, 0.6) is 0 Å². The molecular weight excluding hydrogens is 928 g/mol. The van der Waals surface area contributed by atoms with E-state index in [1.54, 1.807) is 12.2 Å². The van der Waals surface area contributed by atoms with E-state index >= 15 is 0 Å². The van der Waals surface area contributed by atoms with Gasteiger partial charge in [0.1, 0.15) is 18.3 Å². The fourth-order valence-corrected chi connectivity index (χ4v) is 10.8. The monoisotopic (exact) mass is 1020 g/mol. The van der Waals surface area contributed by atoms with Gasteiger partial charge in [0.25, 0.3) is 0 Å². The highest BCUT2D eigenvalue weighted by atomic mass is 31.2. The van der Waals surface area contributed by atoms with E-state index in [9.17, 15) is 24.2 Å². The van der Waals surface area contributed by atoms with E-state index < -0.39 is 68.2 Å². The number of hydrogen-bond acceptors (Lipinski definition) is 10. The summed E-state index contributed by atoms with van der Waals surface area (Å²) >= 11 is 0. The number of esters is 2. The van der Waals surface area contributed by atoms with Crippen molar-refractivity contribution in [2.45, 2.75) is 244 Å². The van der Waals surface area contributed by atoms with Gasteiger partial charge in [-0.25, -0.2) is 4.57 Å². The second kappa shape index (κ2) is 38.4. The summed E-state index contributed by atoms with van der Waals surface area (Å²) in [5.41, 5.74) is -0.229. The summed E-state index contributed by atoms with van der Waals surface area (Å²) in [6.45, 7) is 13.4. The van der Waals surface area contributed by atoms with E-state index in [0.717, 1.165) is 49.7 Å². The number of rotatable bonds is 44. The maximum absolute atomic E-state index is 14.1. The molecule has 3 rings (SSSR count). The van der Waals surface area contributed by atoms with E-state index in [1.807, 2.05) is 60.7 Å². The molecule has 1 saturated carbocycles. The van der Waals surface area contributed by atoms with Crippen LogP contribution >= 0.6 is 7.82 Å². The van der Waals surface area contributed by atoms with Crippen molar-refractivity contribution in [3.05, 3.63) is 97.1 Å². The number of carbonyl (C=O) groups is 2. The minimum Gasteiger partial charge on any atom is -0.462 e. The number of aliphatic hydroxyl groups is 1. The largest absolute Gasteiger partial charge is 0.472 e. The highest BCUT2D eigenvalue weighted by Crippen LogP contribution is 2.52. The third-order valence-electron chi connectivity index (χ3n) is 14.1. The molecule has 0 spiro atoms. The normalized spacial score (nSPS) is 21.2. The fraction of sp³-hybridized carbons (Fsp3) is 0.700. The van der Waals surface area contributed by atoms with E-state index in [-0.39, 0.29) is 32.7 Å². The van der Waals surface area contributed by atoms with Crippen LogP contribution in [-0.2, 0) is 55.4 Å². The van der Waals surface area contributed by atoms with E-state index in [1.165, 1.54) is 122 Å². The molecule has 2 N–H and O–H groups in total. The smallest absolute Gasteiger partial charge is 0.462 e. The van der Waals surface area contributed by atoms with Crippen LogP contribution in [0.25, 0.3) is 0 Å². The predicted octanol–water partition coefficient (Wildman–Crippen LogP) is 15.4. The quantitative estimate of drug-likeness (QED) is 0.0283. The minimum absolute atomic E-state index is 0.101. The number of unbranched alkanes of at least 4 members (excludes halogenated alkanes) is 24. The van der Waals surface area contributed by atoms with Crippen LogP contribution in [0.4, 0.5) is 0 Å². The Balaban J connectivity index is 1.63. The zero-order chi connectivity index (χ0) is 52.1. The van der Waals surface area contributed by atoms with Gasteiger partial charge in [-0.15, -0.1) is 13.2 Å². The van der Waals surface area contributed by atoms with Crippen molar-refractivity contribution >= 4 is 19.8 Å². The van der Waals surface area contributed by atoms with Crippen molar-refractivity contribution in [1.82, 2.24) is 0 Å². The van der Waals surface area contributed by atoms with Gasteiger partial charge in [0.15, 0.2) is 6.10 Å². The molecule has 11 nitrogen and oxygen atoms in total. The number of benzene rings is 2. The van der Waals surface area contributed by atoms with Gasteiger partial charge in [0, 0.05) is 24.7 Å². The van der Waals surface area contributed by atoms with Crippen LogP contribution in [0.1, 0.15) is 212 Å². The van der Waals surface area contributed by atoms with Gasteiger partial charge in [0.2, 0.25) is 0 Å². The van der Waals surface area contributed by atoms with Crippen LogP contribution < -0.4 is 0 Å². The molecular formula is C60H97O11P. The highest BCUT2D eigenvalue weighted by Gasteiger charge is 2.59. The molecule has 12 heteroatoms. The van der Waals surface area contributed by atoms with Crippen LogP contribution in [0.15, 0.2) is 86.0 Å². The molecule has 1 fully saturated rings. The average molecular weight is 1030 g/mol. The summed E-state index contributed by atoms with van der Waals surface area (Å²) in [4.78, 5) is 37.7. The van der Waals surface area contributed by atoms with Crippen LogP contribution in [0.2, 0.25) is 0 Å². The summed E-state index contributed by atoms with van der Waals surface area (Å²) in [5.74, 6) is -2.07. The van der Waals surface area contributed by atoms with E-state index in [0.29, 0.717) is 12.8 Å². The Bertz CT molecular complexity index is 1760. The molecule has 0 saturated heterocycles. The Morgan fingerprint density at radius 1 is 0.583 bits per heavy atom. The summed E-state index contributed by atoms with van der Waals surface area (Å²) in [6.07, 6.45) is 29.7. The molecule has 0 amide bonds. The fourth-order valence-electron chi connectivity index (χ4n) is 9.80. The first-order chi connectivity index (χ1) is 34.9. The van der Waals surface area contributed by atoms with Crippen LogP contribution in [-0.4, -0.2) is 65.2 Å². The minimum atomic E-state index is -5.07. The van der Waals surface area contributed by atoms with Crippen molar-refractivity contribution in [2.75, 3.05) is 13.2 Å². The molecule has 2 aromatic rings. The summed E-state index contributed by atoms with van der Waals surface area (Å²) in [7, 11) is -5.07. The highest BCUT2D eigenvalue weighted by molar-refractivity contribution is 7.47. The molecule has 0 heterocycles. The lowest BCUT2D eigenvalue weighted by Crippen LogP contribution is -2.66. The standard InChI is InChI=1S/C60H97O11P/c1-6-10-12-14-16-18-20-22-24-26-28-30-38-44-55(61)66-48-52(70-56(62)45-39-31-29-27-25-23-21-19-17-15-13-11-7-2)49-69-72(64,65)71-59-57(67-46-50-40-34-32-35-41-50)53(8-3)54(9-4)58(60(59,5)63)68-47-51-42-36-33-37-43-51/h8-9,32-37,40-43,52-54,57-59,63H,3-4,6-7,10-31,38-39,44-49H2,1-2,5H3,(H,64,65)/t52-,53?,54?,57?,58?,59?,60?/m1/s1. The van der Waals surface area contributed by atoms with Crippen molar-refractivity contribution in [3.63, 3.8) is 0 Å². The predicted molar refractivity (Wildman–Crippen MR) is 290 cm³/mol. The summed E-state index contributed by atoms with van der Waals surface area (Å²) < 4.78 is 49.9. The van der Waals surface area contributed by atoms with E-state index in [4.69, 9.17) is 28.0 Å². The zero-order valence-electron chi connectivity index (χ0n) is 44.9. The average Bonchev–Trinajstić information content (AvgIpc) is 3.37. The molecule has 1 aliphatic carbocycles. The van der Waals surface area contributed by atoms with Crippen molar-refractivity contribution in [1.29, 1.82) is 0 Å². The zero-order valence-corrected chi connectivity index (χ0v) is 45.8. The molecule has 0 bridgehead atoms. The Morgan fingerprint density at radius 2 is 0.986 bits per heavy atom. The molecule has 72 heavy (non-hydrogen) atoms. The van der Waals surface area contributed by atoms with Crippen molar-refractivity contribution < 1.29 is 52.1 Å². The molecule has 0 aliphatic heterocycles. The first kappa shape index (κ1) is 63.1.